The van der Waals surface area contributed by atoms with Gasteiger partial charge in [-0.05, 0) is 52.2 Å². The molecule has 0 amide bonds. The number of ether oxygens (including phenoxy) is 1. The average molecular weight is 293 g/mol. The highest BCUT2D eigenvalue weighted by Crippen LogP contribution is 2.25. The van der Waals surface area contributed by atoms with E-state index in [1.54, 1.807) is 6.07 Å². The summed E-state index contributed by atoms with van der Waals surface area (Å²) in [5, 5.41) is 9.55. The van der Waals surface area contributed by atoms with E-state index in [0.717, 1.165) is 16.9 Å². The van der Waals surface area contributed by atoms with Crippen LogP contribution in [0.2, 0.25) is 0 Å². The molecule has 0 fully saturated rings. The van der Waals surface area contributed by atoms with E-state index in [1.807, 2.05) is 43.3 Å². The van der Waals surface area contributed by atoms with Gasteiger partial charge in [-0.15, -0.1) is 0 Å². The van der Waals surface area contributed by atoms with Crippen LogP contribution in [0.3, 0.4) is 0 Å². The summed E-state index contributed by atoms with van der Waals surface area (Å²) in [6.07, 6.45) is 0. The Bertz CT molecular complexity index is 523. The average Bonchev–Trinajstić information content (AvgIpc) is 2.32. The van der Waals surface area contributed by atoms with Crippen molar-refractivity contribution < 1.29 is 9.84 Å². The van der Waals surface area contributed by atoms with Crippen LogP contribution in [0.4, 0.5) is 0 Å². The Morgan fingerprint density at radius 2 is 1.94 bits per heavy atom. The summed E-state index contributed by atoms with van der Waals surface area (Å²) >= 11 is 3.25. The highest BCUT2D eigenvalue weighted by atomic mass is 79.9. The summed E-state index contributed by atoms with van der Waals surface area (Å²) in [5.74, 6) is 1.10. The van der Waals surface area contributed by atoms with E-state index in [1.165, 1.54) is 0 Å². The molecule has 0 saturated carbocycles. The van der Waals surface area contributed by atoms with E-state index in [2.05, 4.69) is 15.9 Å². The standard InChI is InChI=1S/C14H13BrO2/c1-10-4-2-3-5-14(10)17-9-11-6-7-12(15)13(16)8-11/h2-8,16H,9H2,1H3. The lowest BCUT2D eigenvalue weighted by Crippen LogP contribution is -1.96. The molecule has 0 radical (unpaired) electrons. The number of halogens is 1. The van der Waals surface area contributed by atoms with E-state index in [0.29, 0.717) is 11.1 Å². The number of hydrogen-bond donors (Lipinski definition) is 1. The molecular formula is C14H13BrO2. The van der Waals surface area contributed by atoms with Gasteiger partial charge in [-0.2, -0.15) is 0 Å². The molecular weight excluding hydrogens is 280 g/mol. The quantitative estimate of drug-likeness (QED) is 0.925. The second kappa shape index (κ2) is 5.23. The highest BCUT2D eigenvalue weighted by Gasteiger charge is 2.02. The molecule has 2 aromatic rings. The lowest BCUT2D eigenvalue weighted by atomic mass is 10.2. The maximum absolute atomic E-state index is 9.55. The Kier molecular flexibility index (Phi) is 3.69. The van der Waals surface area contributed by atoms with Gasteiger partial charge in [-0.25, -0.2) is 0 Å². The van der Waals surface area contributed by atoms with Gasteiger partial charge in [-0.1, -0.05) is 24.3 Å². The van der Waals surface area contributed by atoms with Gasteiger partial charge in [0.25, 0.3) is 0 Å². The molecule has 0 bridgehead atoms. The minimum absolute atomic E-state index is 0.232. The summed E-state index contributed by atoms with van der Waals surface area (Å²) in [7, 11) is 0. The molecule has 0 atom stereocenters. The van der Waals surface area contributed by atoms with Crippen molar-refractivity contribution in [2.24, 2.45) is 0 Å². The maximum atomic E-state index is 9.55. The molecule has 2 rings (SSSR count). The molecule has 2 aromatic carbocycles. The third-order valence-electron chi connectivity index (χ3n) is 2.50. The first-order chi connectivity index (χ1) is 8.16. The predicted octanol–water partition coefficient (Wildman–Crippen LogP) is 4.04. The van der Waals surface area contributed by atoms with Crippen molar-refractivity contribution in [3.63, 3.8) is 0 Å². The molecule has 17 heavy (non-hydrogen) atoms. The normalized spacial score (nSPS) is 10.2. The molecule has 1 N–H and O–H groups in total. The number of phenolic OH excluding ortho intramolecular Hbond substituents is 1. The number of benzene rings is 2. The van der Waals surface area contributed by atoms with Gasteiger partial charge in [0.1, 0.15) is 18.1 Å². The van der Waals surface area contributed by atoms with Crippen molar-refractivity contribution in [1.82, 2.24) is 0 Å². The molecule has 0 saturated heterocycles. The molecule has 0 spiro atoms. The van der Waals surface area contributed by atoms with E-state index in [4.69, 9.17) is 4.74 Å². The van der Waals surface area contributed by atoms with E-state index in [9.17, 15) is 5.11 Å². The van der Waals surface area contributed by atoms with Crippen LogP contribution < -0.4 is 4.74 Å². The number of aryl methyl sites for hydroxylation is 1. The third kappa shape index (κ3) is 3.01. The second-order valence-electron chi connectivity index (χ2n) is 3.84. The summed E-state index contributed by atoms with van der Waals surface area (Å²) in [4.78, 5) is 0. The minimum Gasteiger partial charge on any atom is -0.507 e. The Hall–Kier alpha value is -1.48. The minimum atomic E-state index is 0.232. The van der Waals surface area contributed by atoms with Crippen molar-refractivity contribution in [2.75, 3.05) is 0 Å². The van der Waals surface area contributed by atoms with Crippen molar-refractivity contribution in [3.05, 3.63) is 58.1 Å². The van der Waals surface area contributed by atoms with Crippen LogP contribution in [0.15, 0.2) is 46.9 Å². The van der Waals surface area contributed by atoms with Gasteiger partial charge < -0.3 is 9.84 Å². The first kappa shape index (κ1) is 12.0. The fourth-order valence-electron chi connectivity index (χ4n) is 1.53. The Labute approximate surface area is 109 Å². The maximum Gasteiger partial charge on any atom is 0.130 e. The molecule has 0 aliphatic rings. The lowest BCUT2D eigenvalue weighted by Gasteiger charge is -2.09. The zero-order valence-electron chi connectivity index (χ0n) is 9.48. The topological polar surface area (TPSA) is 29.5 Å². The third-order valence-corrected chi connectivity index (χ3v) is 3.17. The van der Waals surface area contributed by atoms with Crippen LogP contribution in [0.1, 0.15) is 11.1 Å². The first-order valence-electron chi connectivity index (χ1n) is 5.32. The smallest absolute Gasteiger partial charge is 0.130 e. The molecule has 0 aliphatic heterocycles. The van der Waals surface area contributed by atoms with Crippen LogP contribution in [-0.4, -0.2) is 5.11 Å². The zero-order chi connectivity index (χ0) is 12.3. The second-order valence-corrected chi connectivity index (χ2v) is 4.69. The molecule has 0 aliphatic carbocycles. The summed E-state index contributed by atoms with van der Waals surface area (Å²) in [6.45, 7) is 2.46. The largest absolute Gasteiger partial charge is 0.507 e. The van der Waals surface area contributed by atoms with Crippen molar-refractivity contribution in [2.45, 2.75) is 13.5 Å². The molecule has 0 aromatic heterocycles. The first-order valence-corrected chi connectivity index (χ1v) is 6.12. The Balaban J connectivity index is 2.08. The van der Waals surface area contributed by atoms with E-state index >= 15 is 0 Å². The molecule has 3 heteroatoms. The van der Waals surface area contributed by atoms with Gasteiger partial charge in [-0.3, -0.25) is 0 Å². The van der Waals surface area contributed by atoms with Gasteiger partial charge in [0.2, 0.25) is 0 Å². The van der Waals surface area contributed by atoms with E-state index in [-0.39, 0.29) is 5.75 Å². The monoisotopic (exact) mass is 292 g/mol. The van der Waals surface area contributed by atoms with Crippen LogP contribution in [0.5, 0.6) is 11.5 Å². The summed E-state index contributed by atoms with van der Waals surface area (Å²) in [6, 6.07) is 13.3. The number of phenols is 1. The molecule has 0 unspecified atom stereocenters. The van der Waals surface area contributed by atoms with Crippen molar-refractivity contribution >= 4 is 15.9 Å². The number of rotatable bonds is 3. The van der Waals surface area contributed by atoms with Crippen LogP contribution in [-0.2, 0) is 6.61 Å². The lowest BCUT2D eigenvalue weighted by molar-refractivity contribution is 0.303. The number of aromatic hydroxyl groups is 1. The molecule has 0 heterocycles. The van der Waals surface area contributed by atoms with Crippen molar-refractivity contribution in [3.8, 4) is 11.5 Å². The fraction of sp³-hybridized carbons (Fsp3) is 0.143. The highest BCUT2D eigenvalue weighted by molar-refractivity contribution is 9.10. The zero-order valence-corrected chi connectivity index (χ0v) is 11.1. The summed E-state index contributed by atoms with van der Waals surface area (Å²) < 4.78 is 6.38. The van der Waals surface area contributed by atoms with E-state index < -0.39 is 0 Å². The summed E-state index contributed by atoms with van der Waals surface area (Å²) in [5.41, 5.74) is 2.04. The van der Waals surface area contributed by atoms with Crippen LogP contribution >= 0.6 is 15.9 Å². The predicted molar refractivity (Wildman–Crippen MR) is 71.3 cm³/mol. The van der Waals surface area contributed by atoms with Crippen LogP contribution in [0.25, 0.3) is 0 Å². The molecule has 88 valence electrons. The van der Waals surface area contributed by atoms with Gasteiger partial charge in [0.15, 0.2) is 0 Å². The number of hydrogen-bond acceptors (Lipinski definition) is 2. The Morgan fingerprint density at radius 1 is 1.18 bits per heavy atom. The van der Waals surface area contributed by atoms with Gasteiger partial charge >= 0.3 is 0 Å². The fourth-order valence-corrected chi connectivity index (χ4v) is 1.77. The van der Waals surface area contributed by atoms with Crippen molar-refractivity contribution in [1.29, 1.82) is 0 Å². The van der Waals surface area contributed by atoms with Crippen LogP contribution in [0, 0.1) is 6.92 Å². The van der Waals surface area contributed by atoms with Gasteiger partial charge in [0, 0.05) is 0 Å². The molecule has 2 nitrogen and oxygen atoms in total. The Morgan fingerprint density at radius 3 is 2.65 bits per heavy atom. The van der Waals surface area contributed by atoms with Gasteiger partial charge in [0.05, 0.1) is 4.47 Å². The number of para-hydroxylation sites is 1. The SMILES string of the molecule is Cc1ccccc1OCc1ccc(Br)c(O)c1.